The van der Waals surface area contributed by atoms with Crippen molar-refractivity contribution < 1.29 is 4.79 Å². The lowest BCUT2D eigenvalue weighted by Gasteiger charge is -2.13. The van der Waals surface area contributed by atoms with Crippen LogP contribution in [0.4, 0.5) is 28.7 Å². The van der Waals surface area contributed by atoms with Gasteiger partial charge in [0, 0.05) is 16.9 Å². The smallest absolute Gasteiger partial charge is 0.159 e. The van der Waals surface area contributed by atoms with Crippen LogP contribution >= 0.6 is 0 Å². The van der Waals surface area contributed by atoms with E-state index in [4.69, 9.17) is 5.73 Å². The molecule has 0 fully saturated rings. The van der Waals surface area contributed by atoms with E-state index in [1.165, 1.54) is 18.8 Å². The summed E-state index contributed by atoms with van der Waals surface area (Å²) in [5.41, 5.74) is 10.1. The van der Waals surface area contributed by atoms with Gasteiger partial charge in [-0.2, -0.15) is 0 Å². The van der Waals surface area contributed by atoms with Gasteiger partial charge in [-0.25, -0.2) is 9.97 Å². The SMILES string of the molecule is CCc1ccc(Nc2ncnc(Nc3cccc(C(C)=O)c3)c2N)cc1. The summed E-state index contributed by atoms with van der Waals surface area (Å²) >= 11 is 0. The molecule has 0 saturated carbocycles. The van der Waals surface area contributed by atoms with E-state index in [1.54, 1.807) is 12.1 Å². The average Bonchev–Trinajstić information content (AvgIpc) is 2.66. The van der Waals surface area contributed by atoms with E-state index < -0.39 is 0 Å². The maximum Gasteiger partial charge on any atom is 0.159 e. The van der Waals surface area contributed by atoms with E-state index in [1.807, 2.05) is 24.3 Å². The molecule has 1 heterocycles. The number of carbonyl (C=O) groups is 1. The van der Waals surface area contributed by atoms with Crippen LogP contribution in [0, 0.1) is 0 Å². The number of anilines is 5. The van der Waals surface area contributed by atoms with Gasteiger partial charge in [0.2, 0.25) is 0 Å². The van der Waals surface area contributed by atoms with Crippen LogP contribution in [0.15, 0.2) is 54.9 Å². The fraction of sp³-hybridized carbons (Fsp3) is 0.150. The van der Waals surface area contributed by atoms with Gasteiger partial charge in [-0.05, 0) is 43.2 Å². The van der Waals surface area contributed by atoms with Gasteiger partial charge in [0.05, 0.1) is 0 Å². The van der Waals surface area contributed by atoms with Crippen LogP contribution in [-0.2, 0) is 6.42 Å². The van der Waals surface area contributed by atoms with Gasteiger partial charge in [0.25, 0.3) is 0 Å². The molecule has 6 nitrogen and oxygen atoms in total. The molecular formula is C20H21N5O. The van der Waals surface area contributed by atoms with Crippen LogP contribution < -0.4 is 16.4 Å². The maximum absolute atomic E-state index is 11.5. The Kier molecular flexibility index (Phi) is 5.12. The van der Waals surface area contributed by atoms with Crippen molar-refractivity contribution in [3.63, 3.8) is 0 Å². The number of Topliss-reactive ketones (excluding diaryl/α,β-unsaturated/α-hetero) is 1. The van der Waals surface area contributed by atoms with Crippen LogP contribution in [-0.4, -0.2) is 15.8 Å². The lowest BCUT2D eigenvalue weighted by Crippen LogP contribution is -2.05. The number of nitrogens with two attached hydrogens (primary N) is 1. The largest absolute Gasteiger partial charge is 0.393 e. The number of hydrogen-bond donors (Lipinski definition) is 3. The number of aromatic nitrogens is 2. The zero-order chi connectivity index (χ0) is 18.5. The van der Waals surface area contributed by atoms with Gasteiger partial charge >= 0.3 is 0 Å². The van der Waals surface area contributed by atoms with E-state index in [2.05, 4.69) is 39.7 Å². The predicted molar refractivity (Wildman–Crippen MR) is 105 cm³/mol. The zero-order valence-electron chi connectivity index (χ0n) is 14.8. The standard InChI is InChI=1S/C20H21N5O/c1-3-14-7-9-16(10-8-14)24-19-18(21)20(23-12-22-19)25-17-6-4-5-15(11-17)13(2)26/h4-12H,3,21H2,1-2H3,(H2,22,23,24,25). The molecule has 0 saturated heterocycles. The second-order valence-corrected chi connectivity index (χ2v) is 5.92. The first kappa shape index (κ1) is 17.4. The minimum atomic E-state index is 0.00203. The normalized spacial score (nSPS) is 10.4. The molecule has 26 heavy (non-hydrogen) atoms. The van der Waals surface area contributed by atoms with Crippen LogP contribution in [0.2, 0.25) is 0 Å². The Bertz CT molecular complexity index is 922. The minimum Gasteiger partial charge on any atom is -0.393 e. The summed E-state index contributed by atoms with van der Waals surface area (Å²) in [7, 11) is 0. The second kappa shape index (κ2) is 7.65. The number of carbonyl (C=O) groups excluding carboxylic acids is 1. The van der Waals surface area contributed by atoms with Crippen molar-refractivity contribution in [1.82, 2.24) is 9.97 Å². The monoisotopic (exact) mass is 347 g/mol. The number of ketones is 1. The number of nitrogens with one attached hydrogen (secondary N) is 2. The first-order chi connectivity index (χ1) is 12.6. The third-order valence-electron chi connectivity index (χ3n) is 4.04. The van der Waals surface area contributed by atoms with Gasteiger partial charge in [0.15, 0.2) is 17.4 Å². The lowest BCUT2D eigenvalue weighted by atomic mass is 10.1. The Morgan fingerprint density at radius 1 is 1.00 bits per heavy atom. The molecule has 0 atom stereocenters. The summed E-state index contributed by atoms with van der Waals surface area (Å²) in [4.78, 5) is 20.0. The molecule has 0 aliphatic carbocycles. The summed E-state index contributed by atoms with van der Waals surface area (Å²) in [6, 6.07) is 15.3. The van der Waals surface area contributed by atoms with E-state index in [-0.39, 0.29) is 5.78 Å². The summed E-state index contributed by atoms with van der Waals surface area (Å²) in [5.74, 6) is 1.00. The van der Waals surface area contributed by atoms with Crippen molar-refractivity contribution in [3.05, 3.63) is 66.0 Å². The molecular weight excluding hydrogens is 326 g/mol. The van der Waals surface area contributed by atoms with Gasteiger partial charge in [-0.1, -0.05) is 31.2 Å². The molecule has 3 aromatic rings. The zero-order valence-corrected chi connectivity index (χ0v) is 14.8. The summed E-state index contributed by atoms with van der Waals surface area (Å²) in [5, 5.41) is 6.35. The third-order valence-corrected chi connectivity index (χ3v) is 4.04. The Labute approximate surface area is 152 Å². The molecule has 1 aromatic heterocycles. The number of hydrogen-bond acceptors (Lipinski definition) is 6. The molecule has 0 radical (unpaired) electrons. The Balaban J connectivity index is 1.82. The van der Waals surface area contributed by atoms with E-state index in [0.717, 1.165) is 17.8 Å². The molecule has 0 amide bonds. The van der Waals surface area contributed by atoms with Gasteiger partial charge < -0.3 is 16.4 Å². The van der Waals surface area contributed by atoms with Crippen molar-refractivity contribution in [1.29, 1.82) is 0 Å². The fourth-order valence-corrected chi connectivity index (χ4v) is 2.51. The number of rotatable bonds is 6. The predicted octanol–water partition coefficient (Wildman–Crippen LogP) is 4.31. The summed E-state index contributed by atoms with van der Waals surface area (Å²) < 4.78 is 0. The highest BCUT2D eigenvalue weighted by Crippen LogP contribution is 2.28. The van der Waals surface area contributed by atoms with E-state index >= 15 is 0 Å². The molecule has 6 heteroatoms. The Morgan fingerprint density at radius 3 is 2.27 bits per heavy atom. The third kappa shape index (κ3) is 3.97. The lowest BCUT2D eigenvalue weighted by molar-refractivity contribution is 0.101. The first-order valence-electron chi connectivity index (χ1n) is 8.41. The minimum absolute atomic E-state index is 0.00203. The maximum atomic E-state index is 11.5. The molecule has 132 valence electrons. The Hall–Kier alpha value is -3.41. The van der Waals surface area contributed by atoms with Crippen LogP contribution in [0.25, 0.3) is 0 Å². The second-order valence-electron chi connectivity index (χ2n) is 5.92. The summed E-state index contributed by atoms with van der Waals surface area (Å²) in [6.45, 7) is 3.65. The van der Waals surface area contributed by atoms with Crippen molar-refractivity contribution in [3.8, 4) is 0 Å². The molecule has 0 bridgehead atoms. The topological polar surface area (TPSA) is 92.9 Å². The van der Waals surface area contributed by atoms with Crippen LogP contribution in [0.3, 0.4) is 0 Å². The van der Waals surface area contributed by atoms with Gasteiger partial charge in [-0.3, -0.25) is 4.79 Å². The highest BCUT2D eigenvalue weighted by atomic mass is 16.1. The molecule has 3 rings (SSSR count). The van der Waals surface area contributed by atoms with E-state index in [0.29, 0.717) is 22.9 Å². The van der Waals surface area contributed by atoms with E-state index in [9.17, 15) is 4.79 Å². The molecule has 0 spiro atoms. The quantitative estimate of drug-likeness (QED) is 0.575. The summed E-state index contributed by atoms with van der Waals surface area (Å²) in [6.07, 6.45) is 2.43. The first-order valence-corrected chi connectivity index (χ1v) is 8.41. The fourth-order valence-electron chi connectivity index (χ4n) is 2.51. The van der Waals surface area contributed by atoms with Crippen LogP contribution in [0.1, 0.15) is 29.8 Å². The van der Waals surface area contributed by atoms with Crippen molar-refractivity contribution in [2.45, 2.75) is 20.3 Å². The molecule has 2 aromatic carbocycles. The molecule has 0 unspecified atom stereocenters. The number of benzene rings is 2. The van der Waals surface area contributed by atoms with Crippen molar-refractivity contribution in [2.24, 2.45) is 0 Å². The highest BCUT2D eigenvalue weighted by molar-refractivity contribution is 5.95. The van der Waals surface area contributed by atoms with Gasteiger partial charge in [0.1, 0.15) is 12.0 Å². The van der Waals surface area contributed by atoms with Crippen molar-refractivity contribution >= 4 is 34.5 Å². The van der Waals surface area contributed by atoms with Crippen LogP contribution in [0.5, 0.6) is 0 Å². The molecule has 0 aliphatic heterocycles. The highest BCUT2D eigenvalue weighted by Gasteiger charge is 2.09. The van der Waals surface area contributed by atoms with Crippen molar-refractivity contribution in [2.75, 3.05) is 16.4 Å². The molecule has 0 aliphatic rings. The number of aryl methyl sites for hydroxylation is 1. The Morgan fingerprint density at radius 2 is 1.65 bits per heavy atom. The number of nitrogens with zero attached hydrogens (tertiary/aromatic N) is 2. The van der Waals surface area contributed by atoms with Gasteiger partial charge in [-0.15, -0.1) is 0 Å². The average molecular weight is 347 g/mol. The number of nitrogen functional groups attached to an aromatic ring is 1. The molecule has 4 N–H and O–H groups in total.